The summed E-state index contributed by atoms with van der Waals surface area (Å²) in [6, 6.07) is 3.17. The highest BCUT2D eigenvalue weighted by Gasteiger charge is 2.08. The number of ether oxygens (including phenoxy) is 1. The molecule has 1 aromatic heterocycles. The van der Waals surface area contributed by atoms with Crippen LogP contribution in [0.3, 0.4) is 0 Å². The highest BCUT2D eigenvalue weighted by Crippen LogP contribution is 2.19. The molecular formula is C9H11BrClNO2. The van der Waals surface area contributed by atoms with Gasteiger partial charge in [-0.05, 0) is 28.1 Å². The summed E-state index contributed by atoms with van der Waals surface area (Å²) in [7, 11) is 1.29. The summed E-state index contributed by atoms with van der Waals surface area (Å²) in [6.45, 7) is 4.00. The molecule has 1 aromatic rings. The van der Waals surface area contributed by atoms with E-state index < -0.39 is 5.97 Å². The van der Waals surface area contributed by atoms with Gasteiger partial charge in [0.05, 0.1) is 11.6 Å². The van der Waals surface area contributed by atoms with Crippen molar-refractivity contribution in [2.45, 2.75) is 13.8 Å². The van der Waals surface area contributed by atoms with E-state index in [0.29, 0.717) is 4.47 Å². The predicted molar refractivity (Wildman–Crippen MR) is 59.6 cm³/mol. The van der Waals surface area contributed by atoms with E-state index in [9.17, 15) is 4.79 Å². The maximum absolute atomic E-state index is 10.9. The summed E-state index contributed by atoms with van der Waals surface area (Å²) < 4.78 is 5.11. The minimum atomic E-state index is -0.496. The summed E-state index contributed by atoms with van der Waals surface area (Å²) in [5.41, 5.74) is 0.200. The minimum Gasteiger partial charge on any atom is -0.464 e. The number of esters is 1. The highest BCUT2D eigenvalue weighted by atomic mass is 79.9. The Morgan fingerprint density at radius 1 is 1.50 bits per heavy atom. The molecule has 0 N–H and O–H groups in total. The Hall–Kier alpha value is -0.610. The van der Waals surface area contributed by atoms with Crippen LogP contribution in [-0.2, 0) is 4.74 Å². The zero-order valence-electron chi connectivity index (χ0n) is 8.17. The lowest BCUT2D eigenvalue weighted by atomic mass is 10.4. The van der Waals surface area contributed by atoms with Crippen LogP contribution >= 0.6 is 27.5 Å². The van der Waals surface area contributed by atoms with Crippen LogP contribution in [0.25, 0.3) is 0 Å². The number of hydrogen-bond acceptors (Lipinski definition) is 3. The highest BCUT2D eigenvalue weighted by molar-refractivity contribution is 9.10. The average Bonchev–Trinajstić information content (AvgIpc) is 2.24. The predicted octanol–water partition coefficient (Wildman–Crippen LogP) is 3.31. The van der Waals surface area contributed by atoms with Crippen molar-refractivity contribution in [3.05, 3.63) is 27.5 Å². The SMILES string of the molecule is CC.COC(=O)c1ccc(Br)c(Cl)n1. The molecule has 0 aliphatic heterocycles. The number of rotatable bonds is 1. The van der Waals surface area contributed by atoms with Gasteiger partial charge in [-0.2, -0.15) is 0 Å². The number of carbonyl (C=O) groups excluding carboxylic acids is 1. The first kappa shape index (κ1) is 13.4. The van der Waals surface area contributed by atoms with Crippen LogP contribution in [0.15, 0.2) is 16.6 Å². The molecule has 0 aliphatic carbocycles. The van der Waals surface area contributed by atoms with Gasteiger partial charge in [0, 0.05) is 0 Å². The number of pyridine rings is 1. The normalized spacial score (nSPS) is 8.64. The Morgan fingerprint density at radius 3 is 2.50 bits per heavy atom. The lowest BCUT2D eigenvalue weighted by molar-refractivity contribution is 0.0594. The van der Waals surface area contributed by atoms with Gasteiger partial charge in [0.2, 0.25) is 0 Å². The Kier molecular flexibility index (Phi) is 6.49. The second kappa shape index (κ2) is 6.79. The smallest absolute Gasteiger partial charge is 0.356 e. The second-order valence-corrected chi connectivity index (χ2v) is 3.17. The number of halogens is 2. The first-order chi connectivity index (χ1) is 6.65. The molecule has 5 heteroatoms. The fourth-order valence-electron chi connectivity index (χ4n) is 0.636. The molecule has 0 fully saturated rings. The molecule has 3 nitrogen and oxygen atoms in total. The van der Waals surface area contributed by atoms with E-state index in [-0.39, 0.29) is 10.8 Å². The molecule has 0 saturated carbocycles. The Morgan fingerprint density at radius 2 is 2.07 bits per heavy atom. The maximum Gasteiger partial charge on any atom is 0.356 e. The van der Waals surface area contributed by atoms with Crippen LogP contribution < -0.4 is 0 Å². The van der Waals surface area contributed by atoms with Crippen molar-refractivity contribution in [1.82, 2.24) is 4.98 Å². The number of aromatic nitrogens is 1. The van der Waals surface area contributed by atoms with Crippen molar-refractivity contribution in [3.63, 3.8) is 0 Å². The first-order valence-corrected chi connectivity index (χ1v) is 5.22. The Bertz CT molecular complexity index is 318. The standard InChI is InChI=1S/C7H5BrClNO2.C2H6/c1-12-7(11)5-3-2-4(8)6(9)10-5;1-2/h2-3H,1H3;1-2H3. The van der Waals surface area contributed by atoms with Gasteiger partial charge in [-0.3, -0.25) is 0 Å². The quantitative estimate of drug-likeness (QED) is 0.585. The molecule has 1 rings (SSSR count). The van der Waals surface area contributed by atoms with Crippen molar-refractivity contribution in [2.75, 3.05) is 7.11 Å². The molecule has 0 radical (unpaired) electrons. The minimum absolute atomic E-state index is 0.200. The van der Waals surface area contributed by atoms with Crippen LogP contribution in [0.1, 0.15) is 24.3 Å². The zero-order chi connectivity index (χ0) is 11.1. The van der Waals surface area contributed by atoms with E-state index in [2.05, 4.69) is 25.7 Å². The van der Waals surface area contributed by atoms with Crippen LogP contribution in [0, 0.1) is 0 Å². The van der Waals surface area contributed by atoms with Gasteiger partial charge in [0.1, 0.15) is 10.8 Å². The molecule has 0 spiro atoms. The first-order valence-electron chi connectivity index (χ1n) is 4.05. The van der Waals surface area contributed by atoms with E-state index in [1.54, 1.807) is 6.07 Å². The molecule has 0 aliphatic rings. The summed E-state index contributed by atoms with van der Waals surface area (Å²) in [5, 5.41) is 0.248. The lowest BCUT2D eigenvalue weighted by Crippen LogP contribution is -2.03. The van der Waals surface area contributed by atoms with E-state index in [1.807, 2.05) is 13.8 Å². The van der Waals surface area contributed by atoms with Gasteiger partial charge < -0.3 is 4.74 Å². The number of methoxy groups -OCH3 is 1. The van der Waals surface area contributed by atoms with Gasteiger partial charge in [0.25, 0.3) is 0 Å². The number of carbonyl (C=O) groups is 1. The molecule has 1 heterocycles. The van der Waals surface area contributed by atoms with E-state index in [4.69, 9.17) is 11.6 Å². The van der Waals surface area contributed by atoms with Gasteiger partial charge in [-0.1, -0.05) is 25.4 Å². The zero-order valence-corrected chi connectivity index (χ0v) is 10.5. The lowest BCUT2D eigenvalue weighted by Gasteiger charge is -1.99. The van der Waals surface area contributed by atoms with Crippen LogP contribution in [-0.4, -0.2) is 18.1 Å². The summed E-state index contributed by atoms with van der Waals surface area (Å²) >= 11 is 8.80. The Balaban J connectivity index is 0.000000791. The fourth-order valence-corrected chi connectivity index (χ4v) is 1.01. The summed E-state index contributed by atoms with van der Waals surface area (Å²) in [4.78, 5) is 14.7. The van der Waals surface area contributed by atoms with E-state index in [0.717, 1.165) is 0 Å². The molecular weight excluding hydrogens is 269 g/mol. The van der Waals surface area contributed by atoms with Gasteiger partial charge in [0.15, 0.2) is 0 Å². The van der Waals surface area contributed by atoms with E-state index >= 15 is 0 Å². The van der Waals surface area contributed by atoms with Gasteiger partial charge >= 0.3 is 5.97 Å². The third-order valence-corrected chi connectivity index (χ3v) is 2.35. The largest absolute Gasteiger partial charge is 0.464 e. The third kappa shape index (κ3) is 3.64. The molecule has 0 unspecified atom stereocenters. The van der Waals surface area contributed by atoms with E-state index in [1.165, 1.54) is 13.2 Å². The molecule has 0 atom stereocenters. The molecule has 78 valence electrons. The average molecular weight is 281 g/mol. The monoisotopic (exact) mass is 279 g/mol. The molecule has 0 aromatic carbocycles. The maximum atomic E-state index is 10.9. The van der Waals surface area contributed by atoms with Crippen LogP contribution in [0.5, 0.6) is 0 Å². The molecule has 0 bridgehead atoms. The number of nitrogens with zero attached hydrogens (tertiary/aromatic N) is 1. The van der Waals surface area contributed by atoms with Gasteiger partial charge in [-0.25, -0.2) is 9.78 Å². The van der Waals surface area contributed by atoms with Crippen LogP contribution in [0.2, 0.25) is 5.15 Å². The van der Waals surface area contributed by atoms with Crippen molar-refractivity contribution in [1.29, 1.82) is 0 Å². The summed E-state index contributed by atoms with van der Waals surface area (Å²) in [5.74, 6) is -0.496. The van der Waals surface area contributed by atoms with Crippen molar-refractivity contribution >= 4 is 33.5 Å². The van der Waals surface area contributed by atoms with Crippen LogP contribution in [0.4, 0.5) is 0 Å². The van der Waals surface area contributed by atoms with Crippen molar-refractivity contribution in [2.24, 2.45) is 0 Å². The van der Waals surface area contributed by atoms with Crippen molar-refractivity contribution in [3.8, 4) is 0 Å². The summed E-state index contributed by atoms with van der Waals surface area (Å²) in [6.07, 6.45) is 0. The third-order valence-electron chi connectivity index (χ3n) is 1.20. The van der Waals surface area contributed by atoms with Gasteiger partial charge in [-0.15, -0.1) is 0 Å². The molecule has 0 amide bonds. The topological polar surface area (TPSA) is 39.2 Å². The molecule has 0 saturated heterocycles. The Labute approximate surface area is 96.6 Å². The fraction of sp³-hybridized carbons (Fsp3) is 0.333. The number of hydrogen-bond donors (Lipinski definition) is 0. The molecule has 14 heavy (non-hydrogen) atoms. The van der Waals surface area contributed by atoms with Crippen molar-refractivity contribution < 1.29 is 9.53 Å². The second-order valence-electron chi connectivity index (χ2n) is 1.96.